The summed E-state index contributed by atoms with van der Waals surface area (Å²) in [5.74, 6) is 1.32. The molecule has 16 heavy (non-hydrogen) atoms. The summed E-state index contributed by atoms with van der Waals surface area (Å²) < 4.78 is 10.5. The first-order valence-corrected chi connectivity index (χ1v) is 6.12. The van der Waals surface area contributed by atoms with Crippen molar-refractivity contribution in [2.75, 3.05) is 13.9 Å². The Morgan fingerprint density at radius 2 is 2.38 bits per heavy atom. The van der Waals surface area contributed by atoms with Crippen LogP contribution >= 0.6 is 0 Å². The van der Waals surface area contributed by atoms with Crippen LogP contribution in [-0.2, 0) is 14.3 Å². The first kappa shape index (κ1) is 11.6. The van der Waals surface area contributed by atoms with Gasteiger partial charge in [-0.2, -0.15) is 0 Å². The fourth-order valence-corrected chi connectivity index (χ4v) is 3.07. The summed E-state index contributed by atoms with van der Waals surface area (Å²) in [7, 11) is 1.60. The Bertz CT molecular complexity index is 285. The molecule has 0 amide bonds. The standard InChI is InChI=1S/C13H20O3/c1-15-10-16-12-7-6-11-5-3-2-4-8-13(11,12)9-14/h7,9,11H,2-6,8,10H2,1H3/t11-,13+/m0/s1. The van der Waals surface area contributed by atoms with Crippen LogP contribution in [0.2, 0.25) is 0 Å². The maximum absolute atomic E-state index is 11.5. The maximum atomic E-state index is 11.5. The number of allylic oxidation sites excluding steroid dienone is 2. The van der Waals surface area contributed by atoms with Crippen LogP contribution in [0.5, 0.6) is 0 Å². The summed E-state index contributed by atoms with van der Waals surface area (Å²) >= 11 is 0. The van der Waals surface area contributed by atoms with E-state index in [1.165, 1.54) is 12.8 Å². The lowest BCUT2D eigenvalue weighted by Crippen LogP contribution is -2.31. The predicted molar refractivity (Wildman–Crippen MR) is 60.7 cm³/mol. The lowest BCUT2D eigenvalue weighted by molar-refractivity contribution is -0.120. The molecule has 0 aliphatic heterocycles. The number of aldehydes is 1. The van der Waals surface area contributed by atoms with Gasteiger partial charge in [0.15, 0.2) is 6.79 Å². The van der Waals surface area contributed by atoms with Gasteiger partial charge in [0.2, 0.25) is 0 Å². The van der Waals surface area contributed by atoms with Crippen molar-refractivity contribution < 1.29 is 14.3 Å². The number of carbonyl (C=O) groups excluding carboxylic acids is 1. The molecule has 0 unspecified atom stereocenters. The molecule has 0 saturated heterocycles. The molecule has 90 valence electrons. The molecule has 1 fully saturated rings. The highest BCUT2D eigenvalue weighted by molar-refractivity contribution is 5.66. The number of fused-ring (bicyclic) bond motifs is 1. The predicted octanol–water partition coefficient (Wildman–Crippen LogP) is 2.66. The lowest BCUT2D eigenvalue weighted by Gasteiger charge is -2.31. The molecular weight excluding hydrogens is 204 g/mol. The zero-order valence-corrected chi connectivity index (χ0v) is 9.91. The second-order valence-electron chi connectivity index (χ2n) is 4.81. The van der Waals surface area contributed by atoms with Crippen LogP contribution in [0.25, 0.3) is 0 Å². The first-order valence-electron chi connectivity index (χ1n) is 6.12. The fraction of sp³-hybridized carbons (Fsp3) is 0.769. The van der Waals surface area contributed by atoms with E-state index >= 15 is 0 Å². The average Bonchev–Trinajstić information content (AvgIpc) is 2.52. The summed E-state index contributed by atoms with van der Waals surface area (Å²) in [4.78, 5) is 11.5. The maximum Gasteiger partial charge on any atom is 0.188 e. The first-order chi connectivity index (χ1) is 7.83. The SMILES string of the molecule is COCOC1=CC[C@@H]2CCCCC[C@]12C=O. The third-order valence-corrected chi connectivity index (χ3v) is 3.96. The van der Waals surface area contributed by atoms with Crippen molar-refractivity contribution in [3.05, 3.63) is 11.8 Å². The highest BCUT2D eigenvalue weighted by atomic mass is 16.7. The molecule has 0 aromatic heterocycles. The number of methoxy groups -OCH3 is 1. The molecule has 0 aromatic rings. The Kier molecular flexibility index (Phi) is 3.64. The van der Waals surface area contributed by atoms with Gasteiger partial charge in [-0.05, 0) is 31.3 Å². The van der Waals surface area contributed by atoms with Gasteiger partial charge in [-0.15, -0.1) is 0 Å². The Labute approximate surface area is 96.8 Å². The summed E-state index contributed by atoms with van der Waals surface area (Å²) in [6.07, 6.45) is 9.89. The van der Waals surface area contributed by atoms with E-state index in [2.05, 4.69) is 6.08 Å². The van der Waals surface area contributed by atoms with Crippen molar-refractivity contribution >= 4 is 6.29 Å². The summed E-state index contributed by atoms with van der Waals surface area (Å²) in [5.41, 5.74) is -0.338. The zero-order valence-electron chi connectivity index (χ0n) is 9.91. The van der Waals surface area contributed by atoms with Gasteiger partial charge in [0, 0.05) is 7.11 Å². The van der Waals surface area contributed by atoms with E-state index in [4.69, 9.17) is 9.47 Å². The van der Waals surface area contributed by atoms with Crippen LogP contribution in [0, 0.1) is 11.3 Å². The summed E-state index contributed by atoms with van der Waals surface area (Å²) in [6, 6.07) is 0. The highest BCUT2D eigenvalue weighted by Crippen LogP contribution is 2.50. The van der Waals surface area contributed by atoms with Crippen LogP contribution < -0.4 is 0 Å². The van der Waals surface area contributed by atoms with Gasteiger partial charge in [0.1, 0.15) is 12.0 Å². The van der Waals surface area contributed by atoms with E-state index < -0.39 is 0 Å². The molecule has 2 aliphatic carbocycles. The van der Waals surface area contributed by atoms with Gasteiger partial charge in [-0.3, -0.25) is 0 Å². The van der Waals surface area contributed by atoms with Crippen LogP contribution in [0.4, 0.5) is 0 Å². The van der Waals surface area contributed by atoms with Gasteiger partial charge in [-0.1, -0.05) is 19.3 Å². The molecule has 0 N–H and O–H groups in total. The highest BCUT2D eigenvalue weighted by Gasteiger charge is 2.47. The minimum atomic E-state index is -0.338. The largest absolute Gasteiger partial charge is 0.471 e. The number of hydrogen-bond acceptors (Lipinski definition) is 3. The Morgan fingerprint density at radius 1 is 1.50 bits per heavy atom. The molecule has 3 heteroatoms. The number of rotatable bonds is 4. The van der Waals surface area contributed by atoms with Crippen LogP contribution in [0.1, 0.15) is 38.5 Å². The molecule has 0 radical (unpaired) electrons. The van der Waals surface area contributed by atoms with E-state index in [0.29, 0.717) is 5.92 Å². The topological polar surface area (TPSA) is 35.5 Å². The minimum Gasteiger partial charge on any atom is -0.471 e. The molecule has 2 atom stereocenters. The fourth-order valence-electron chi connectivity index (χ4n) is 3.07. The van der Waals surface area contributed by atoms with Crippen LogP contribution in [-0.4, -0.2) is 20.2 Å². The lowest BCUT2D eigenvalue weighted by atomic mass is 9.75. The molecule has 1 saturated carbocycles. The van der Waals surface area contributed by atoms with Gasteiger partial charge >= 0.3 is 0 Å². The smallest absolute Gasteiger partial charge is 0.188 e. The van der Waals surface area contributed by atoms with Crippen LogP contribution in [0.15, 0.2) is 11.8 Å². The Hall–Kier alpha value is -0.830. The van der Waals surface area contributed by atoms with E-state index in [-0.39, 0.29) is 12.2 Å². The van der Waals surface area contributed by atoms with E-state index in [1.54, 1.807) is 7.11 Å². The number of carbonyl (C=O) groups is 1. The second kappa shape index (κ2) is 5.00. The molecular formula is C13H20O3. The van der Waals surface area contributed by atoms with Gasteiger partial charge in [0.05, 0.1) is 5.41 Å². The van der Waals surface area contributed by atoms with Crippen molar-refractivity contribution in [1.82, 2.24) is 0 Å². The molecule has 2 aliphatic rings. The normalized spacial score (nSPS) is 33.8. The molecule has 2 rings (SSSR count). The van der Waals surface area contributed by atoms with Crippen molar-refractivity contribution in [3.8, 4) is 0 Å². The monoisotopic (exact) mass is 224 g/mol. The molecule has 3 nitrogen and oxygen atoms in total. The van der Waals surface area contributed by atoms with Crippen molar-refractivity contribution in [1.29, 1.82) is 0 Å². The summed E-state index contributed by atoms with van der Waals surface area (Å²) in [6.45, 7) is 0.244. The van der Waals surface area contributed by atoms with Gasteiger partial charge < -0.3 is 14.3 Å². The molecule has 0 heterocycles. The van der Waals surface area contributed by atoms with Crippen molar-refractivity contribution in [2.45, 2.75) is 38.5 Å². The minimum absolute atomic E-state index is 0.244. The quantitative estimate of drug-likeness (QED) is 0.544. The number of hydrogen-bond donors (Lipinski definition) is 0. The zero-order chi connectivity index (χ0) is 11.4. The third-order valence-electron chi connectivity index (χ3n) is 3.96. The van der Waals surface area contributed by atoms with Crippen LogP contribution in [0.3, 0.4) is 0 Å². The molecule has 0 spiro atoms. The molecule has 0 bridgehead atoms. The Balaban J connectivity index is 2.16. The van der Waals surface area contributed by atoms with E-state index in [9.17, 15) is 4.79 Å². The van der Waals surface area contributed by atoms with E-state index in [0.717, 1.165) is 37.7 Å². The van der Waals surface area contributed by atoms with Gasteiger partial charge in [0.25, 0.3) is 0 Å². The summed E-state index contributed by atoms with van der Waals surface area (Å²) in [5, 5.41) is 0. The number of ether oxygens (including phenoxy) is 2. The second-order valence-corrected chi connectivity index (χ2v) is 4.81. The van der Waals surface area contributed by atoms with Gasteiger partial charge in [-0.25, -0.2) is 0 Å². The average molecular weight is 224 g/mol. The third kappa shape index (κ3) is 1.88. The van der Waals surface area contributed by atoms with Crippen molar-refractivity contribution in [3.63, 3.8) is 0 Å². The van der Waals surface area contributed by atoms with Crippen molar-refractivity contribution in [2.24, 2.45) is 11.3 Å². The Morgan fingerprint density at radius 3 is 3.12 bits per heavy atom. The van der Waals surface area contributed by atoms with E-state index in [1.807, 2.05) is 0 Å². The molecule has 0 aromatic carbocycles.